The first-order valence-corrected chi connectivity index (χ1v) is 4.33. The summed E-state index contributed by atoms with van der Waals surface area (Å²) in [7, 11) is 1.38. The van der Waals surface area contributed by atoms with Crippen LogP contribution in [-0.4, -0.2) is 13.1 Å². The number of methoxy groups -OCH3 is 1. The molecule has 0 saturated carbocycles. The van der Waals surface area contributed by atoms with Gasteiger partial charge in [-0.05, 0) is 6.42 Å². The number of unbranched alkanes of at least 4 members (excludes halogenated alkanes) is 3. The molecule has 0 unspecified atom stereocenters. The third kappa shape index (κ3) is 7.14. The molecule has 0 fully saturated rings. The lowest BCUT2D eigenvalue weighted by Gasteiger charge is -1.90. The first-order chi connectivity index (χ1) is 5.81. The van der Waals surface area contributed by atoms with Gasteiger partial charge in [0.05, 0.1) is 7.11 Å². The molecule has 0 saturated heterocycles. The van der Waals surface area contributed by atoms with Crippen LogP contribution >= 0.6 is 0 Å². The second kappa shape index (κ2) is 8.13. The molecule has 0 aromatic rings. The Kier molecular flexibility index (Phi) is 7.47. The van der Waals surface area contributed by atoms with E-state index >= 15 is 0 Å². The van der Waals surface area contributed by atoms with Crippen LogP contribution < -0.4 is 0 Å². The standard InChI is InChI=1S/C10H16O2/c1-3-4-5-6-7-8-9-10(11)12-2/h3-6,9H2,1-2H3. The summed E-state index contributed by atoms with van der Waals surface area (Å²) in [5, 5.41) is 0. The SMILES string of the molecule is CCCCCC#CCC(=O)OC. The molecule has 0 atom stereocenters. The van der Waals surface area contributed by atoms with Crippen molar-refractivity contribution >= 4 is 5.97 Å². The summed E-state index contributed by atoms with van der Waals surface area (Å²) in [6.45, 7) is 2.15. The average Bonchev–Trinajstić information content (AvgIpc) is 2.10. The molecule has 0 aromatic heterocycles. The minimum atomic E-state index is -0.252. The molecule has 0 aromatic carbocycles. The van der Waals surface area contributed by atoms with Gasteiger partial charge >= 0.3 is 5.97 Å². The molecular formula is C10H16O2. The molecule has 2 nitrogen and oxygen atoms in total. The number of carbonyl (C=O) groups is 1. The summed E-state index contributed by atoms with van der Waals surface area (Å²) in [4.78, 5) is 10.6. The Morgan fingerprint density at radius 1 is 1.33 bits per heavy atom. The highest BCUT2D eigenvalue weighted by Crippen LogP contribution is 1.96. The van der Waals surface area contributed by atoms with Crippen molar-refractivity contribution in [1.29, 1.82) is 0 Å². The van der Waals surface area contributed by atoms with E-state index in [1.807, 2.05) is 0 Å². The number of ether oxygens (including phenoxy) is 1. The Hall–Kier alpha value is -0.970. The maximum atomic E-state index is 10.6. The fourth-order valence-electron chi connectivity index (χ4n) is 0.759. The lowest BCUT2D eigenvalue weighted by molar-refractivity contribution is -0.139. The van der Waals surface area contributed by atoms with Gasteiger partial charge in [-0.3, -0.25) is 4.79 Å². The van der Waals surface area contributed by atoms with E-state index in [1.165, 1.54) is 20.0 Å². The fourth-order valence-corrected chi connectivity index (χ4v) is 0.759. The molecule has 0 aliphatic heterocycles. The van der Waals surface area contributed by atoms with Gasteiger partial charge in [-0.1, -0.05) is 25.7 Å². The van der Waals surface area contributed by atoms with Crippen LogP contribution in [0.3, 0.4) is 0 Å². The van der Waals surface area contributed by atoms with E-state index in [0.717, 1.165) is 12.8 Å². The zero-order chi connectivity index (χ0) is 9.23. The van der Waals surface area contributed by atoms with Crippen LogP contribution in [0.5, 0.6) is 0 Å². The second-order valence-corrected chi connectivity index (χ2v) is 2.56. The molecule has 0 aliphatic rings. The van der Waals surface area contributed by atoms with Gasteiger partial charge in [0.25, 0.3) is 0 Å². The molecule has 12 heavy (non-hydrogen) atoms. The Morgan fingerprint density at radius 2 is 2.08 bits per heavy atom. The summed E-state index contributed by atoms with van der Waals surface area (Å²) in [6.07, 6.45) is 4.67. The number of hydrogen-bond acceptors (Lipinski definition) is 2. The third-order valence-electron chi connectivity index (χ3n) is 1.49. The predicted molar refractivity (Wildman–Crippen MR) is 48.6 cm³/mol. The Labute approximate surface area is 74.3 Å². The van der Waals surface area contributed by atoms with Gasteiger partial charge in [0.1, 0.15) is 6.42 Å². The molecule has 68 valence electrons. The fraction of sp³-hybridized carbons (Fsp3) is 0.700. The minimum absolute atomic E-state index is 0.225. The average molecular weight is 168 g/mol. The Morgan fingerprint density at radius 3 is 2.67 bits per heavy atom. The van der Waals surface area contributed by atoms with E-state index in [0.29, 0.717) is 0 Å². The maximum absolute atomic E-state index is 10.6. The van der Waals surface area contributed by atoms with Crippen molar-refractivity contribution in [3.8, 4) is 11.8 Å². The number of hydrogen-bond donors (Lipinski definition) is 0. The molecule has 0 N–H and O–H groups in total. The van der Waals surface area contributed by atoms with E-state index in [9.17, 15) is 4.79 Å². The summed E-state index contributed by atoms with van der Waals surface area (Å²) < 4.78 is 4.44. The summed E-state index contributed by atoms with van der Waals surface area (Å²) in [5.41, 5.74) is 0. The van der Waals surface area contributed by atoms with Crippen LogP contribution in [0.1, 0.15) is 39.0 Å². The van der Waals surface area contributed by atoms with Crippen molar-refractivity contribution in [3.63, 3.8) is 0 Å². The molecule has 2 heteroatoms. The van der Waals surface area contributed by atoms with Gasteiger partial charge in [-0.25, -0.2) is 0 Å². The molecule has 0 radical (unpaired) electrons. The van der Waals surface area contributed by atoms with E-state index < -0.39 is 0 Å². The Balaban J connectivity index is 3.28. The van der Waals surface area contributed by atoms with E-state index in [1.54, 1.807) is 0 Å². The number of rotatable bonds is 4. The van der Waals surface area contributed by atoms with Gasteiger partial charge in [0.15, 0.2) is 0 Å². The lowest BCUT2D eigenvalue weighted by Crippen LogP contribution is -1.96. The number of esters is 1. The van der Waals surface area contributed by atoms with Crippen molar-refractivity contribution in [1.82, 2.24) is 0 Å². The highest BCUT2D eigenvalue weighted by molar-refractivity contribution is 5.72. The zero-order valence-corrected chi connectivity index (χ0v) is 7.85. The normalized spacial score (nSPS) is 8.50. The monoisotopic (exact) mass is 168 g/mol. The van der Waals surface area contributed by atoms with Gasteiger partial charge in [-0.15, -0.1) is 5.92 Å². The molecular weight excluding hydrogens is 152 g/mol. The highest BCUT2D eigenvalue weighted by atomic mass is 16.5. The molecule has 0 bridgehead atoms. The van der Waals surface area contributed by atoms with Crippen molar-refractivity contribution < 1.29 is 9.53 Å². The van der Waals surface area contributed by atoms with Gasteiger partial charge in [0, 0.05) is 6.42 Å². The quantitative estimate of drug-likeness (QED) is 0.365. The van der Waals surface area contributed by atoms with Crippen LogP contribution in [0.25, 0.3) is 0 Å². The van der Waals surface area contributed by atoms with E-state index in [-0.39, 0.29) is 12.4 Å². The minimum Gasteiger partial charge on any atom is -0.468 e. The topological polar surface area (TPSA) is 26.3 Å². The molecule has 0 heterocycles. The molecule has 0 spiro atoms. The third-order valence-corrected chi connectivity index (χ3v) is 1.49. The van der Waals surface area contributed by atoms with Crippen molar-refractivity contribution in [2.45, 2.75) is 39.0 Å². The smallest absolute Gasteiger partial charge is 0.317 e. The van der Waals surface area contributed by atoms with Crippen LogP contribution in [0.15, 0.2) is 0 Å². The van der Waals surface area contributed by atoms with Crippen molar-refractivity contribution in [2.75, 3.05) is 7.11 Å². The molecule has 0 amide bonds. The van der Waals surface area contributed by atoms with Crippen LogP contribution in [0.4, 0.5) is 0 Å². The summed E-state index contributed by atoms with van der Waals surface area (Å²) >= 11 is 0. The van der Waals surface area contributed by atoms with Crippen LogP contribution in [0, 0.1) is 11.8 Å². The lowest BCUT2D eigenvalue weighted by atomic mass is 10.2. The Bertz CT molecular complexity index is 174. The van der Waals surface area contributed by atoms with Gasteiger partial charge in [0.2, 0.25) is 0 Å². The van der Waals surface area contributed by atoms with Crippen molar-refractivity contribution in [2.24, 2.45) is 0 Å². The highest BCUT2D eigenvalue weighted by Gasteiger charge is 1.92. The molecule has 0 aliphatic carbocycles. The van der Waals surface area contributed by atoms with Crippen LogP contribution in [0.2, 0.25) is 0 Å². The predicted octanol–water partition coefficient (Wildman–Crippen LogP) is 2.13. The first kappa shape index (κ1) is 11.0. The van der Waals surface area contributed by atoms with Gasteiger partial charge < -0.3 is 4.74 Å². The zero-order valence-electron chi connectivity index (χ0n) is 7.85. The number of carbonyl (C=O) groups excluding carboxylic acids is 1. The van der Waals surface area contributed by atoms with E-state index in [4.69, 9.17) is 0 Å². The summed E-state index contributed by atoms with van der Waals surface area (Å²) in [6, 6.07) is 0. The van der Waals surface area contributed by atoms with Crippen molar-refractivity contribution in [3.05, 3.63) is 0 Å². The summed E-state index contributed by atoms with van der Waals surface area (Å²) in [5.74, 6) is 5.45. The second-order valence-electron chi connectivity index (χ2n) is 2.56. The van der Waals surface area contributed by atoms with E-state index in [2.05, 4.69) is 23.5 Å². The first-order valence-electron chi connectivity index (χ1n) is 4.33. The van der Waals surface area contributed by atoms with Gasteiger partial charge in [-0.2, -0.15) is 0 Å². The molecule has 0 rings (SSSR count). The maximum Gasteiger partial charge on any atom is 0.317 e. The van der Waals surface area contributed by atoms with Crippen LogP contribution in [-0.2, 0) is 9.53 Å². The largest absolute Gasteiger partial charge is 0.468 e.